The fourth-order valence-corrected chi connectivity index (χ4v) is 4.20. The van der Waals surface area contributed by atoms with Crippen LogP contribution in [0.2, 0.25) is 0 Å². The van der Waals surface area contributed by atoms with Gasteiger partial charge >= 0.3 is 5.97 Å². The molecule has 7 nitrogen and oxygen atoms in total. The van der Waals surface area contributed by atoms with Gasteiger partial charge in [0.05, 0.1) is 17.9 Å². The van der Waals surface area contributed by atoms with E-state index in [0.717, 1.165) is 11.3 Å². The molecule has 1 heterocycles. The van der Waals surface area contributed by atoms with Gasteiger partial charge in [-0.15, -0.1) is 11.3 Å². The molecule has 23 heavy (non-hydrogen) atoms. The summed E-state index contributed by atoms with van der Waals surface area (Å²) in [6, 6.07) is 6.03. The van der Waals surface area contributed by atoms with Crippen LogP contribution < -0.4 is 9.46 Å². The molecule has 2 aromatic rings. The van der Waals surface area contributed by atoms with Crippen LogP contribution in [0.3, 0.4) is 0 Å². The number of carboxylic acids is 1. The van der Waals surface area contributed by atoms with E-state index in [0.29, 0.717) is 17.0 Å². The lowest BCUT2D eigenvalue weighted by Gasteiger charge is -2.07. The minimum absolute atomic E-state index is 0.0406. The van der Waals surface area contributed by atoms with Gasteiger partial charge in [-0.2, -0.15) is 0 Å². The summed E-state index contributed by atoms with van der Waals surface area (Å²) in [7, 11) is -2.37. The van der Waals surface area contributed by atoms with E-state index in [9.17, 15) is 13.2 Å². The fraction of sp³-hybridized carbons (Fsp3) is 0.286. The normalized spacial score (nSPS) is 12.6. The molecule has 0 aliphatic heterocycles. The van der Waals surface area contributed by atoms with E-state index in [1.54, 1.807) is 19.1 Å². The second kappa shape index (κ2) is 6.97. The summed E-state index contributed by atoms with van der Waals surface area (Å²) in [6.07, 6.45) is 1.79. The van der Waals surface area contributed by atoms with Crippen LogP contribution in [-0.2, 0) is 14.8 Å². The monoisotopic (exact) mass is 356 g/mol. The van der Waals surface area contributed by atoms with E-state index in [-0.39, 0.29) is 10.0 Å². The van der Waals surface area contributed by atoms with Crippen molar-refractivity contribution >= 4 is 32.5 Å². The molecule has 1 aromatic carbocycles. The van der Waals surface area contributed by atoms with Crippen molar-refractivity contribution in [2.75, 3.05) is 11.8 Å². The van der Waals surface area contributed by atoms with Crippen LogP contribution >= 0.6 is 11.3 Å². The van der Waals surface area contributed by atoms with Crippen molar-refractivity contribution in [2.24, 2.45) is 0 Å². The third-order valence-corrected chi connectivity index (χ3v) is 5.64. The maximum absolute atomic E-state index is 12.3. The number of aliphatic carboxylic acids is 1. The topological polar surface area (TPSA) is 106 Å². The molecule has 0 bridgehead atoms. The van der Waals surface area contributed by atoms with Crippen molar-refractivity contribution in [1.82, 2.24) is 4.98 Å². The molecule has 0 aliphatic rings. The minimum atomic E-state index is -3.81. The van der Waals surface area contributed by atoms with Crippen LogP contribution in [-0.4, -0.2) is 31.6 Å². The molecule has 0 spiro atoms. The maximum Gasteiger partial charge on any atom is 0.311 e. The quantitative estimate of drug-likeness (QED) is 0.790. The number of sulfonamides is 1. The van der Waals surface area contributed by atoms with Crippen molar-refractivity contribution in [2.45, 2.75) is 24.2 Å². The lowest BCUT2D eigenvalue weighted by Crippen LogP contribution is -2.12. The van der Waals surface area contributed by atoms with Gasteiger partial charge < -0.3 is 9.84 Å². The Kier molecular flexibility index (Phi) is 5.22. The van der Waals surface area contributed by atoms with Crippen molar-refractivity contribution in [1.29, 1.82) is 0 Å². The van der Waals surface area contributed by atoms with Gasteiger partial charge in [-0.05, 0) is 18.6 Å². The lowest BCUT2D eigenvalue weighted by atomic mass is 10.1. The third kappa shape index (κ3) is 3.99. The highest BCUT2D eigenvalue weighted by Gasteiger charge is 2.22. The number of aromatic nitrogens is 1. The predicted molar refractivity (Wildman–Crippen MR) is 86.6 cm³/mol. The summed E-state index contributed by atoms with van der Waals surface area (Å²) < 4.78 is 32.0. The van der Waals surface area contributed by atoms with Gasteiger partial charge in [0.1, 0.15) is 5.75 Å². The minimum Gasteiger partial charge on any atom is -0.497 e. The Balaban J connectivity index is 2.24. The number of methoxy groups -OCH3 is 1. The Morgan fingerprint density at radius 3 is 2.83 bits per heavy atom. The van der Waals surface area contributed by atoms with Crippen LogP contribution in [0.1, 0.15) is 24.1 Å². The van der Waals surface area contributed by atoms with Crippen molar-refractivity contribution in [3.05, 3.63) is 35.3 Å². The smallest absolute Gasteiger partial charge is 0.311 e. The summed E-state index contributed by atoms with van der Waals surface area (Å²) in [6.45, 7) is 1.75. The van der Waals surface area contributed by atoms with Crippen LogP contribution in [0.4, 0.5) is 5.13 Å². The number of ether oxygens (including phenoxy) is 1. The van der Waals surface area contributed by atoms with Gasteiger partial charge in [0.2, 0.25) is 0 Å². The highest BCUT2D eigenvalue weighted by molar-refractivity contribution is 7.93. The molecule has 0 saturated heterocycles. The largest absolute Gasteiger partial charge is 0.497 e. The Hall–Kier alpha value is -2.13. The SMILES string of the molecule is CCC(C(=O)O)c1cnc(NS(=O)(=O)c2cccc(OC)c2)s1. The Morgan fingerprint density at radius 1 is 1.48 bits per heavy atom. The number of benzene rings is 1. The van der Waals surface area contributed by atoms with E-state index in [4.69, 9.17) is 9.84 Å². The Morgan fingerprint density at radius 2 is 2.22 bits per heavy atom. The van der Waals surface area contributed by atoms with Crippen molar-refractivity contribution in [3.63, 3.8) is 0 Å². The Bertz CT molecular complexity index is 801. The zero-order valence-corrected chi connectivity index (χ0v) is 14.1. The number of hydrogen-bond acceptors (Lipinski definition) is 6. The van der Waals surface area contributed by atoms with Crippen LogP contribution in [0.25, 0.3) is 0 Å². The highest BCUT2D eigenvalue weighted by atomic mass is 32.2. The summed E-state index contributed by atoms with van der Waals surface area (Å²) in [5, 5.41) is 9.26. The van der Waals surface area contributed by atoms with Crippen LogP contribution in [0.15, 0.2) is 35.4 Å². The highest BCUT2D eigenvalue weighted by Crippen LogP contribution is 2.30. The summed E-state index contributed by atoms with van der Waals surface area (Å²) in [4.78, 5) is 15.6. The lowest BCUT2D eigenvalue weighted by molar-refractivity contribution is -0.138. The number of thiazole rings is 1. The summed E-state index contributed by atoms with van der Waals surface area (Å²) in [5.41, 5.74) is 0. The predicted octanol–water partition coefficient (Wildman–Crippen LogP) is 2.53. The number of rotatable bonds is 7. The third-order valence-electron chi connectivity index (χ3n) is 3.15. The molecule has 2 rings (SSSR count). The average Bonchev–Trinajstić information content (AvgIpc) is 2.95. The van der Waals surface area contributed by atoms with Gasteiger partial charge in [-0.3, -0.25) is 9.52 Å². The van der Waals surface area contributed by atoms with E-state index < -0.39 is 21.9 Å². The maximum atomic E-state index is 12.3. The van der Waals surface area contributed by atoms with Gasteiger partial charge in [-0.1, -0.05) is 13.0 Å². The van der Waals surface area contributed by atoms with E-state index in [2.05, 4.69) is 9.71 Å². The molecule has 2 N–H and O–H groups in total. The van der Waals surface area contributed by atoms with Gasteiger partial charge in [-0.25, -0.2) is 13.4 Å². The van der Waals surface area contributed by atoms with Crippen molar-refractivity contribution in [3.8, 4) is 5.75 Å². The molecule has 0 saturated carbocycles. The van der Waals surface area contributed by atoms with E-state index in [1.165, 1.54) is 25.4 Å². The second-order valence-corrected chi connectivity index (χ2v) is 7.40. The molecule has 0 fully saturated rings. The number of nitrogens with one attached hydrogen (secondary N) is 1. The molecular weight excluding hydrogens is 340 g/mol. The standard InChI is InChI=1S/C14H16N2O5S2/c1-3-11(13(17)18)12-8-15-14(22-12)16-23(19,20)10-6-4-5-9(7-10)21-2/h4-8,11H,3H2,1-2H3,(H,15,16)(H,17,18). The van der Waals surface area contributed by atoms with Gasteiger partial charge in [0.15, 0.2) is 5.13 Å². The molecule has 124 valence electrons. The van der Waals surface area contributed by atoms with Crippen molar-refractivity contribution < 1.29 is 23.1 Å². The van der Waals surface area contributed by atoms with Crippen LogP contribution in [0, 0.1) is 0 Å². The number of anilines is 1. The van der Waals surface area contributed by atoms with E-state index >= 15 is 0 Å². The van der Waals surface area contributed by atoms with Gasteiger partial charge in [0, 0.05) is 17.1 Å². The molecule has 0 aliphatic carbocycles. The van der Waals surface area contributed by atoms with Crippen LogP contribution in [0.5, 0.6) is 5.75 Å². The zero-order valence-electron chi connectivity index (χ0n) is 12.5. The number of nitrogens with zero attached hydrogens (tertiary/aromatic N) is 1. The molecule has 9 heteroatoms. The Labute approximate surface area is 138 Å². The molecule has 1 unspecified atom stereocenters. The molecule has 0 radical (unpaired) electrons. The number of carbonyl (C=O) groups is 1. The number of carboxylic acid groups (broad SMARTS) is 1. The first-order chi connectivity index (χ1) is 10.9. The van der Waals surface area contributed by atoms with E-state index in [1.807, 2.05) is 0 Å². The first-order valence-electron chi connectivity index (χ1n) is 6.72. The first kappa shape index (κ1) is 17.2. The van der Waals surface area contributed by atoms with Gasteiger partial charge in [0.25, 0.3) is 10.0 Å². The fourth-order valence-electron chi connectivity index (χ4n) is 1.93. The first-order valence-corrected chi connectivity index (χ1v) is 9.02. The number of hydrogen-bond donors (Lipinski definition) is 2. The zero-order chi connectivity index (χ0) is 17.0. The summed E-state index contributed by atoms with van der Waals surface area (Å²) >= 11 is 1.01. The molecule has 0 amide bonds. The second-order valence-electron chi connectivity index (χ2n) is 4.65. The summed E-state index contributed by atoms with van der Waals surface area (Å²) in [5.74, 6) is -1.23. The molecule has 1 aromatic heterocycles. The average molecular weight is 356 g/mol. The molecular formula is C14H16N2O5S2. The molecule has 1 atom stereocenters.